The van der Waals surface area contributed by atoms with Crippen LogP contribution < -0.4 is 0 Å². The lowest BCUT2D eigenvalue weighted by Crippen LogP contribution is -2.20. The molecule has 6 heteroatoms. The van der Waals surface area contributed by atoms with Gasteiger partial charge in [-0.15, -0.1) is 0 Å². The summed E-state index contributed by atoms with van der Waals surface area (Å²) < 4.78 is 26.6. The molecule has 0 heterocycles. The van der Waals surface area contributed by atoms with E-state index in [1.807, 2.05) is 0 Å². The number of hydrogen-bond donors (Lipinski definition) is 4. The summed E-state index contributed by atoms with van der Waals surface area (Å²) in [4.78, 5) is 0. The molecule has 0 radical (unpaired) electrons. The van der Waals surface area contributed by atoms with Crippen LogP contribution in [0.3, 0.4) is 0 Å². The smallest absolute Gasteiger partial charge is 0.132 e. The summed E-state index contributed by atoms with van der Waals surface area (Å²) in [6, 6.07) is 1.69. The highest BCUT2D eigenvalue weighted by Gasteiger charge is 2.21. The molecular formula is C11H14F2O4. The standard InChI is InChI=1S/C11H14F2O4/c12-8-3-6(4-9(13)7(8)5-15)11(17)10(16)1-2-14/h3-4,10-11,14-17H,1-2,5H2. The Labute approximate surface area is 96.8 Å². The van der Waals surface area contributed by atoms with Gasteiger partial charge < -0.3 is 20.4 Å². The Hall–Kier alpha value is -1.08. The van der Waals surface area contributed by atoms with Gasteiger partial charge in [0.25, 0.3) is 0 Å². The van der Waals surface area contributed by atoms with Gasteiger partial charge in [0.05, 0.1) is 12.7 Å². The molecule has 0 saturated carbocycles. The van der Waals surface area contributed by atoms with E-state index in [0.717, 1.165) is 12.1 Å². The van der Waals surface area contributed by atoms with Crippen LogP contribution in [-0.2, 0) is 6.61 Å². The topological polar surface area (TPSA) is 80.9 Å². The predicted octanol–water partition coefficient (Wildman–Crippen LogP) is 0.234. The van der Waals surface area contributed by atoms with Gasteiger partial charge in [-0.25, -0.2) is 8.78 Å². The first-order chi connectivity index (χ1) is 8.01. The summed E-state index contributed by atoms with van der Waals surface area (Å²) in [5.74, 6) is -1.98. The molecule has 1 aromatic rings. The Morgan fingerprint density at radius 3 is 2.00 bits per heavy atom. The third-order valence-electron chi connectivity index (χ3n) is 2.45. The fourth-order valence-electron chi connectivity index (χ4n) is 1.46. The van der Waals surface area contributed by atoms with E-state index in [1.54, 1.807) is 0 Å². The maximum Gasteiger partial charge on any atom is 0.132 e. The van der Waals surface area contributed by atoms with E-state index in [-0.39, 0.29) is 18.6 Å². The minimum absolute atomic E-state index is 0.105. The Morgan fingerprint density at radius 1 is 1.06 bits per heavy atom. The van der Waals surface area contributed by atoms with Gasteiger partial charge in [-0.05, 0) is 24.1 Å². The Morgan fingerprint density at radius 2 is 1.59 bits per heavy atom. The average Bonchev–Trinajstić information content (AvgIpc) is 2.27. The van der Waals surface area contributed by atoms with Crippen LogP contribution in [0.1, 0.15) is 23.7 Å². The summed E-state index contributed by atoms with van der Waals surface area (Å²) in [7, 11) is 0. The van der Waals surface area contributed by atoms with Gasteiger partial charge in [-0.2, -0.15) is 0 Å². The minimum atomic E-state index is -1.49. The van der Waals surface area contributed by atoms with Gasteiger partial charge >= 0.3 is 0 Å². The molecule has 0 amide bonds. The second-order valence-electron chi connectivity index (χ2n) is 3.65. The van der Waals surface area contributed by atoms with Crippen molar-refractivity contribution in [1.29, 1.82) is 0 Å². The van der Waals surface area contributed by atoms with Crippen molar-refractivity contribution in [2.45, 2.75) is 25.2 Å². The van der Waals surface area contributed by atoms with E-state index >= 15 is 0 Å². The van der Waals surface area contributed by atoms with Gasteiger partial charge in [-0.1, -0.05) is 0 Å². The van der Waals surface area contributed by atoms with E-state index in [0.29, 0.717) is 0 Å². The van der Waals surface area contributed by atoms with E-state index in [1.165, 1.54) is 0 Å². The quantitative estimate of drug-likeness (QED) is 0.601. The normalized spacial score (nSPS) is 14.7. The van der Waals surface area contributed by atoms with Crippen LogP contribution in [-0.4, -0.2) is 33.1 Å². The molecule has 4 nitrogen and oxygen atoms in total. The monoisotopic (exact) mass is 248 g/mol. The summed E-state index contributed by atoms with van der Waals surface area (Å²) in [6.45, 7) is -1.13. The largest absolute Gasteiger partial charge is 0.396 e. The molecule has 0 bridgehead atoms. The van der Waals surface area contributed by atoms with Gasteiger partial charge in [0, 0.05) is 12.2 Å². The van der Waals surface area contributed by atoms with E-state index in [9.17, 15) is 19.0 Å². The average molecular weight is 248 g/mol. The maximum atomic E-state index is 13.3. The SMILES string of the molecule is OCCC(O)C(O)c1cc(F)c(CO)c(F)c1. The van der Waals surface area contributed by atoms with Crippen molar-refractivity contribution in [3.8, 4) is 0 Å². The predicted molar refractivity (Wildman–Crippen MR) is 55.0 cm³/mol. The van der Waals surface area contributed by atoms with Gasteiger partial charge in [0.1, 0.15) is 17.7 Å². The molecule has 17 heavy (non-hydrogen) atoms. The molecule has 1 aromatic carbocycles. The van der Waals surface area contributed by atoms with Crippen molar-refractivity contribution in [3.05, 3.63) is 34.9 Å². The highest BCUT2D eigenvalue weighted by molar-refractivity contribution is 5.27. The molecule has 0 aliphatic carbocycles. The van der Waals surface area contributed by atoms with Crippen LogP contribution in [0, 0.1) is 11.6 Å². The Bertz CT molecular complexity index is 361. The molecule has 4 N–H and O–H groups in total. The van der Waals surface area contributed by atoms with Crippen molar-refractivity contribution in [2.24, 2.45) is 0 Å². The molecule has 2 unspecified atom stereocenters. The molecule has 1 rings (SSSR count). The van der Waals surface area contributed by atoms with Crippen LogP contribution in [0.2, 0.25) is 0 Å². The van der Waals surface area contributed by atoms with Crippen LogP contribution in [0.4, 0.5) is 8.78 Å². The van der Waals surface area contributed by atoms with Crippen molar-refractivity contribution < 1.29 is 29.2 Å². The lowest BCUT2D eigenvalue weighted by molar-refractivity contribution is 0.00389. The molecule has 0 aliphatic heterocycles. The third kappa shape index (κ3) is 3.19. The summed E-state index contributed by atoms with van der Waals surface area (Å²) in [6.07, 6.45) is -2.90. The minimum Gasteiger partial charge on any atom is -0.396 e. The van der Waals surface area contributed by atoms with Crippen LogP contribution >= 0.6 is 0 Å². The van der Waals surface area contributed by atoms with Gasteiger partial charge in [0.2, 0.25) is 0 Å². The summed E-state index contributed by atoms with van der Waals surface area (Å²) >= 11 is 0. The molecule has 0 fully saturated rings. The first-order valence-corrected chi connectivity index (χ1v) is 5.07. The van der Waals surface area contributed by atoms with Gasteiger partial charge in [0.15, 0.2) is 0 Å². The van der Waals surface area contributed by atoms with Gasteiger partial charge in [-0.3, -0.25) is 0 Å². The second kappa shape index (κ2) is 6.02. The molecular weight excluding hydrogens is 234 g/mol. The molecule has 0 aliphatic rings. The van der Waals surface area contributed by atoms with E-state index < -0.39 is 36.0 Å². The summed E-state index contributed by atoms with van der Waals surface area (Å²) in [5.41, 5.74) is -0.629. The molecule has 0 spiro atoms. The van der Waals surface area contributed by atoms with E-state index in [2.05, 4.69) is 0 Å². The highest BCUT2D eigenvalue weighted by atomic mass is 19.1. The molecule has 0 saturated heterocycles. The Kier molecular flexibility index (Phi) is 4.95. The fourth-order valence-corrected chi connectivity index (χ4v) is 1.46. The van der Waals surface area contributed by atoms with Crippen LogP contribution in [0.5, 0.6) is 0 Å². The highest BCUT2D eigenvalue weighted by Crippen LogP contribution is 2.23. The lowest BCUT2D eigenvalue weighted by Gasteiger charge is -2.18. The maximum absolute atomic E-state index is 13.3. The third-order valence-corrected chi connectivity index (χ3v) is 2.45. The van der Waals surface area contributed by atoms with Crippen molar-refractivity contribution >= 4 is 0 Å². The van der Waals surface area contributed by atoms with Crippen molar-refractivity contribution in [2.75, 3.05) is 6.61 Å². The molecule has 0 aromatic heterocycles. The zero-order chi connectivity index (χ0) is 13.0. The van der Waals surface area contributed by atoms with E-state index in [4.69, 9.17) is 10.2 Å². The molecule has 96 valence electrons. The second-order valence-corrected chi connectivity index (χ2v) is 3.65. The fraction of sp³-hybridized carbons (Fsp3) is 0.455. The Balaban J connectivity index is 2.99. The number of rotatable bonds is 5. The number of halogens is 2. The van der Waals surface area contributed by atoms with Crippen molar-refractivity contribution in [3.63, 3.8) is 0 Å². The zero-order valence-corrected chi connectivity index (χ0v) is 8.98. The molecule has 2 atom stereocenters. The zero-order valence-electron chi connectivity index (χ0n) is 8.98. The number of aliphatic hydroxyl groups excluding tert-OH is 4. The summed E-state index contributed by atoms with van der Waals surface area (Å²) in [5, 5.41) is 36.2. The number of hydrogen-bond acceptors (Lipinski definition) is 4. The first kappa shape index (κ1) is 14.0. The number of aliphatic hydroxyl groups is 4. The number of benzene rings is 1. The van der Waals surface area contributed by atoms with Crippen LogP contribution in [0.25, 0.3) is 0 Å². The van der Waals surface area contributed by atoms with Crippen molar-refractivity contribution in [1.82, 2.24) is 0 Å². The van der Waals surface area contributed by atoms with Crippen LogP contribution in [0.15, 0.2) is 12.1 Å². The first-order valence-electron chi connectivity index (χ1n) is 5.07. The lowest BCUT2D eigenvalue weighted by atomic mass is 10.0.